The van der Waals surface area contributed by atoms with E-state index in [-0.39, 0.29) is 11.2 Å². The van der Waals surface area contributed by atoms with Gasteiger partial charge < -0.3 is 4.90 Å². The van der Waals surface area contributed by atoms with Crippen molar-refractivity contribution in [3.63, 3.8) is 0 Å². The van der Waals surface area contributed by atoms with E-state index in [0.717, 1.165) is 32.8 Å². The molecule has 1 heterocycles. The number of rotatable bonds is 4. The highest BCUT2D eigenvalue weighted by molar-refractivity contribution is 8.00. The zero-order valence-corrected chi connectivity index (χ0v) is 19.2. The zero-order chi connectivity index (χ0) is 22.4. The second kappa shape index (κ2) is 8.09. The van der Waals surface area contributed by atoms with Crippen LogP contribution in [0.1, 0.15) is 26.9 Å². The van der Waals surface area contributed by atoms with Crippen LogP contribution in [0.3, 0.4) is 0 Å². The molecule has 2 nitrogen and oxygen atoms in total. The third-order valence-electron chi connectivity index (χ3n) is 6.57. The van der Waals surface area contributed by atoms with Gasteiger partial charge in [-0.05, 0) is 44.8 Å². The van der Waals surface area contributed by atoms with Gasteiger partial charge in [-0.15, -0.1) is 0 Å². The van der Waals surface area contributed by atoms with Crippen molar-refractivity contribution in [3.8, 4) is 0 Å². The van der Waals surface area contributed by atoms with Crippen LogP contribution in [0.5, 0.6) is 0 Å². The van der Waals surface area contributed by atoms with Gasteiger partial charge in [-0.1, -0.05) is 103 Å². The Morgan fingerprint density at radius 3 is 2.24 bits per heavy atom. The molecule has 0 amide bonds. The fourth-order valence-electron chi connectivity index (χ4n) is 4.96. The van der Waals surface area contributed by atoms with Crippen LogP contribution in [0.2, 0.25) is 0 Å². The van der Waals surface area contributed by atoms with E-state index in [1.54, 1.807) is 0 Å². The number of carbonyl (C=O) groups is 1. The third kappa shape index (κ3) is 3.40. The fraction of sp³-hybridized carbons (Fsp3) is 0.100. The van der Waals surface area contributed by atoms with Crippen LogP contribution in [0.25, 0.3) is 21.5 Å². The molecule has 1 aliphatic rings. The minimum absolute atomic E-state index is 0.0680. The van der Waals surface area contributed by atoms with Gasteiger partial charge in [-0.3, -0.25) is 4.79 Å². The molecule has 6 rings (SSSR count). The standard InChI is InChI=1S/C30H23NOS/c1-31-26-15-6-7-16-28(26)33-30(31)25-18-17-21-10-3-5-14-24(21)29(25)27(32)19-22-12-8-11-20-9-2-4-13-23(20)22/h2-18,30H,19H2,1H3. The molecule has 5 aromatic rings. The molecule has 0 saturated heterocycles. The van der Waals surface area contributed by atoms with E-state index in [1.807, 2.05) is 42.1 Å². The zero-order valence-electron chi connectivity index (χ0n) is 18.4. The topological polar surface area (TPSA) is 20.3 Å². The number of thioether (sulfide) groups is 1. The number of nitrogens with zero attached hydrogens (tertiary/aromatic N) is 1. The van der Waals surface area contributed by atoms with Crippen LogP contribution in [0.4, 0.5) is 5.69 Å². The summed E-state index contributed by atoms with van der Waals surface area (Å²) in [5.74, 6) is 0.170. The third-order valence-corrected chi connectivity index (χ3v) is 7.97. The first-order chi connectivity index (χ1) is 16.2. The summed E-state index contributed by atoms with van der Waals surface area (Å²) in [6.07, 6.45) is 0.385. The molecular formula is C30H23NOS. The lowest BCUT2D eigenvalue weighted by Crippen LogP contribution is -2.20. The van der Waals surface area contributed by atoms with Crippen molar-refractivity contribution >= 4 is 44.8 Å². The van der Waals surface area contributed by atoms with E-state index in [2.05, 4.69) is 84.7 Å². The molecule has 160 valence electrons. The van der Waals surface area contributed by atoms with Gasteiger partial charge >= 0.3 is 0 Å². The Labute approximate surface area is 197 Å². The van der Waals surface area contributed by atoms with E-state index in [9.17, 15) is 4.79 Å². The molecule has 0 aromatic heterocycles. The van der Waals surface area contributed by atoms with E-state index >= 15 is 0 Å². The van der Waals surface area contributed by atoms with E-state index in [4.69, 9.17) is 0 Å². The van der Waals surface area contributed by atoms with Gasteiger partial charge in [0.05, 0.1) is 5.69 Å². The van der Waals surface area contributed by atoms with Crippen LogP contribution in [0.15, 0.2) is 108 Å². The summed E-state index contributed by atoms with van der Waals surface area (Å²) >= 11 is 1.82. The Morgan fingerprint density at radius 2 is 1.42 bits per heavy atom. The maximum absolute atomic E-state index is 14.0. The molecule has 3 heteroatoms. The summed E-state index contributed by atoms with van der Waals surface area (Å²) in [7, 11) is 2.12. The maximum Gasteiger partial charge on any atom is 0.168 e. The molecule has 0 N–H and O–H groups in total. The Kier molecular flexibility index (Phi) is 4.92. The Morgan fingerprint density at radius 1 is 0.758 bits per heavy atom. The summed E-state index contributed by atoms with van der Waals surface area (Å²) < 4.78 is 0. The first kappa shape index (κ1) is 20.1. The number of benzene rings is 5. The number of carbonyl (C=O) groups excluding carboxylic acids is 1. The smallest absolute Gasteiger partial charge is 0.168 e. The second-order valence-corrected chi connectivity index (χ2v) is 9.66. The summed E-state index contributed by atoms with van der Waals surface area (Å²) in [5.41, 5.74) is 4.22. The molecule has 0 spiro atoms. The van der Waals surface area contributed by atoms with Crippen molar-refractivity contribution in [2.45, 2.75) is 16.7 Å². The van der Waals surface area contributed by atoms with Crippen LogP contribution in [-0.4, -0.2) is 12.8 Å². The number of Topliss-reactive ketones (excluding diaryl/α,β-unsaturated/α-hetero) is 1. The molecule has 5 aromatic carbocycles. The predicted molar refractivity (Wildman–Crippen MR) is 139 cm³/mol. The minimum Gasteiger partial charge on any atom is -0.357 e. The first-order valence-electron chi connectivity index (χ1n) is 11.2. The van der Waals surface area contributed by atoms with Gasteiger partial charge in [0.15, 0.2) is 5.78 Å². The van der Waals surface area contributed by atoms with Crippen LogP contribution >= 0.6 is 11.8 Å². The van der Waals surface area contributed by atoms with Crippen molar-refractivity contribution in [2.24, 2.45) is 0 Å². The average molecular weight is 446 g/mol. The highest BCUT2D eigenvalue weighted by Gasteiger charge is 2.32. The molecule has 1 unspecified atom stereocenters. The number of ketones is 1. The maximum atomic E-state index is 14.0. The van der Waals surface area contributed by atoms with Crippen LogP contribution in [0, 0.1) is 0 Å². The van der Waals surface area contributed by atoms with Gasteiger partial charge in [-0.25, -0.2) is 0 Å². The molecule has 1 atom stereocenters. The summed E-state index contributed by atoms with van der Waals surface area (Å²) in [6.45, 7) is 0. The fourth-order valence-corrected chi connectivity index (χ4v) is 6.28. The Hall–Kier alpha value is -3.56. The molecule has 0 radical (unpaired) electrons. The van der Waals surface area contributed by atoms with Gasteiger partial charge in [0, 0.05) is 23.9 Å². The van der Waals surface area contributed by atoms with Crippen molar-refractivity contribution in [2.75, 3.05) is 11.9 Å². The monoisotopic (exact) mass is 445 g/mol. The largest absolute Gasteiger partial charge is 0.357 e. The molecular weight excluding hydrogens is 422 g/mol. The quantitative estimate of drug-likeness (QED) is 0.265. The van der Waals surface area contributed by atoms with Gasteiger partial charge in [0.2, 0.25) is 0 Å². The number of para-hydroxylation sites is 1. The highest BCUT2D eigenvalue weighted by atomic mass is 32.2. The van der Waals surface area contributed by atoms with E-state index < -0.39 is 0 Å². The van der Waals surface area contributed by atoms with Crippen LogP contribution < -0.4 is 4.90 Å². The van der Waals surface area contributed by atoms with Crippen molar-refractivity contribution in [3.05, 3.63) is 120 Å². The normalized spacial score (nSPS) is 15.2. The van der Waals surface area contributed by atoms with E-state index in [0.29, 0.717) is 6.42 Å². The van der Waals surface area contributed by atoms with E-state index in [1.165, 1.54) is 16.0 Å². The lowest BCUT2D eigenvalue weighted by Gasteiger charge is -2.25. The highest BCUT2D eigenvalue weighted by Crippen LogP contribution is 2.51. The SMILES string of the molecule is CN1c2ccccc2SC1c1ccc2ccccc2c1C(=O)Cc1cccc2ccccc12. The predicted octanol–water partition coefficient (Wildman–Crippen LogP) is 7.66. The summed E-state index contributed by atoms with van der Waals surface area (Å²) in [6, 6.07) is 35.5. The van der Waals surface area contributed by atoms with Crippen LogP contribution in [-0.2, 0) is 6.42 Å². The molecule has 33 heavy (non-hydrogen) atoms. The number of anilines is 1. The average Bonchev–Trinajstić information content (AvgIpc) is 3.20. The summed E-state index contributed by atoms with van der Waals surface area (Å²) in [5, 5.41) is 4.52. The van der Waals surface area contributed by atoms with Crippen molar-refractivity contribution in [1.29, 1.82) is 0 Å². The molecule has 0 aliphatic carbocycles. The second-order valence-electron chi connectivity index (χ2n) is 8.54. The summed E-state index contributed by atoms with van der Waals surface area (Å²) in [4.78, 5) is 17.5. The van der Waals surface area contributed by atoms with Gasteiger partial charge in [0.1, 0.15) is 5.37 Å². The lowest BCUT2D eigenvalue weighted by atomic mass is 9.91. The lowest BCUT2D eigenvalue weighted by molar-refractivity contribution is 0.0994. The number of hydrogen-bond donors (Lipinski definition) is 0. The Bertz CT molecular complexity index is 1520. The minimum atomic E-state index is 0.0680. The van der Waals surface area contributed by atoms with Crippen molar-refractivity contribution in [1.82, 2.24) is 0 Å². The molecule has 0 bridgehead atoms. The molecule has 1 aliphatic heterocycles. The number of hydrogen-bond acceptors (Lipinski definition) is 3. The van der Waals surface area contributed by atoms with Gasteiger partial charge in [0.25, 0.3) is 0 Å². The molecule has 0 saturated carbocycles. The van der Waals surface area contributed by atoms with Gasteiger partial charge in [-0.2, -0.15) is 0 Å². The van der Waals surface area contributed by atoms with Crippen molar-refractivity contribution < 1.29 is 4.79 Å². The molecule has 0 fully saturated rings. The first-order valence-corrected chi connectivity index (χ1v) is 12.1. The Balaban J connectivity index is 1.48. The number of fused-ring (bicyclic) bond motifs is 3.